The fraction of sp³-hybridized carbons (Fsp3) is 0.231. The zero-order chi connectivity index (χ0) is 15.0. The number of aromatic amines is 1. The average molecular weight is 313 g/mol. The van der Waals surface area contributed by atoms with Crippen LogP contribution in [0.5, 0.6) is 11.5 Å². The van der Waals surface area contributed by atoms with E-state index in [2.05, 4.69) is 10.2 Å². The first-order valence-electron chi connectivity index (χ1n) is 6.14. The molecule has 3 rings (SSSR count). The lowest BCUT2D eigenvalue weighted by Gasteiger charge is -2.13. The topological polar surface area (TPSA) is 84.4 Å². The summed E-state index contributed by atoms with van der Waals surface area (Å²) in [5, 5.41) is 14.9. The van der Waals surface area contributed by atoms with E-state index < -0.39 is 11.8 Å². The highest BCUT2D eigenvalue weighted by molar-refractivity contribution is 6.31. The van der Waals surface area contributed by atoms with Crippen molar-refractivity contribution in [1.82, 2.24) is 10.2 Å². The summed E-state index contributed by atoms with van der Waals surface area (Å²) in [6.07, 6.45) is 0.647. The molecule has 0 saturated carbocycles. The minimum atomic E-state index is -1.19. The van der Waals surface area contributed by atoms with Crippen molar-refractivity contribution < 1.29 is 23.8 Å². The monoisotopic (exact) mass is 312 g/mol. The number of hydrogen-bond acceptors (Lipinski definition) is 4. The van der Waals surface area contributed by atoms with Gasteiger partial charge < -0.3 is 14.6 Å². The number of fused-ring (bicyclic) bond motifs is 1. The second kappa shape index (κ2) is 5.25. The molecule has 0 bridgehead atoms. The van der Waals surface area contributed by atoms with E-state index in [1.54, 1.807) is 0 Å². The Morgan fingerprint density at radius 3 is 2.86 bits per heavy atom. The van der Waals surface area contributed by atoms with E-state index in [1.807, 2.05) is 0 Å². The molecular weight excluding hydrogens is 303 g/mol. The third-order valence-corrected chi connectivity index (χ3v) is 3.27. The van der Waals surface area contributed by atoms with Gasteiger partial charge in [-0.3, -0.25) is 5.10 Å². The van der Waals surface area contributed by atoms with Crippen LogP contribution in [0.2, 0.25) is 5.02 Å². The molecule has 8 heteroatoms. The number of hydrogen-bond donors (Lipinski definition) is 2. The molecule has 110 valence electrons. The number of carboxylic acids is 1. The second-order valence-corrected chi connectivity index (χ2v) is 4.80. The summed E-state index contributed by atoms with van der Waals surface area (Å²) in [4.78, 5) is 10.9. The normalized spacial score (nSPS) is 13.8. The Morgan fingerprint density at radius 1 is 1.38 bits per heavy atom. The van der Waals surface area contributed by atoms with Crippen molar-refractivity contribution in [1.29, 1.82) is 0 Å². The summed E-state index contributed by atoms with van der Waals surface area (Å²) in [5.41, 5.74) is -0.0787. The Balaban J connectivity index is 2.19. The number of nitrogens with zero attached hydrogens (tertiary/aromatic N) is 1. The standard InChI is InChI=1S/C13H10ClFN2O4/c14-6-4-9-12(21-3-1-2-20-9)10(11(6)15)7-5-8(13(18)19)17-16-7/h4-5H,1-3H2,(H,16,17)(H,18,19). The van der Waals surface area contributed by atoms with E-state index >= 15 is 0 Å². The number of benzene rings is 1. The summed E-state index contributed by atoms with van der Waals surface area (Å²) >= 11 is 5.86. The second-order valence-electron chi connectivity index (χ2n) is 4.40. The van der Waals surface area contributed by atoms with E-state index in [4.69, 9.17) is 26.2 Å². The van der Waals surface area contributed by atoms with Gasteiger partial charge >= 0.3 is 5.97 Å². The largest absolute Gasteiger partial charge is 0.489 e. The molecule has 2 heterocycles. The molecule has 0 spiro atoms. The summed E-state index contributed by atoms with van der Waals surface area (Å²) in [5.74, 6) is -1.43. The van der Waals surface area contributed by atoms with E-state index in [1.165, 1.54) is 12.1 Å². The smallest absolute Gasteiger partial charge is 0.353 e. The van der Waals surface area contributed by atoms with Gasteiger partial charge in [-0.2, -0.15) is 5.10 Å². The van der Waals surface area contributed by atoms with Crippen molar-refractivity contribution in [2.45, 2.75) is 6.42 Å². The van der Waals surface area contributed by atoms with Crippen LogP contribution in [0.3, 0.4) is 0 Å². The molecule has 1 aromatic carbocycles. The third kappa shape index (κ3) is 2.40. The first kappa shape index (κ1) is 13.7. The Morgan fingerprint density at radius 2 is 2.14 bits per heavy atom. The van der Waals surface area contributed by atoms with Crippen LogP contribution < -0.4 is 9.47 Å². The van der Waals surface area contributed by atoms with Crippen molar-refractivity contribution in [3.05, 3.63) is 28.7 Å². The average Bonchev–Trinajstić information content (AvgIpc) is 2.82. The number of aromatic carboxylic acids is 1. The van der Waals surface area contributed by atoms with Gasteiger partial charge in [-0.15, -0.1) is 0 Å². The van der Waals surface area contributed by atoms with Gasteiger partial charge in [-0.25, -0.2) is 9.18 Å². The van der Waals surface area contributed by atoms with Crippen LogP contribution >= 0.6 is 11.6 Å². The maximum Gasteiger partial charge on any atom is 0.353 e. The number of carbonyl (C=O) groups is 1. The predicted octanol–water partition coefficient (Wildman–Crippen LogP) is 2.73. The van der Waals surface area contributed by atoms with Crippen molar-refractivity contribution in [3.63, 3.8) is 0 Å². The number of nitrogens with one attached hydrogen (secondary N) is 1. The van der Waals surface area contributed by atoms with Crippen molar-refractivity contribution in [2.24, 2.45) is 0 Å². The highest BCUT2D eigenvalue weighted by atomic mass is 35.5. The highest BCUT2D eigenvalue weighted by Crippen LogP contribution is 2.43. The minimum absolute atomic E-state index is 0.0110. The van der Waals surface area contributed by atoms with Gasteiger partial charge in [0.15, 0.2) is 17.3 Å². The predicted molar refractivity (Wildman–Crippen MR) is 71.6 cm³/mol. The van der Waals surface area contributed by atoms with Crippen LogP contribution in [0, 0.1) is 5.82 Å². The molecule has 21 heavy (non-hydrogen) atoms. The maximum atomic E-state index is 14.3. The minimum Gasteiger partial charge on any atom is -0.489 e. The van der Waals surface area contributed by atoms with Gasteiger partial charge in [0.05, 0.1) is 29.5 Å². The van der Waals surface area contributed by atoms with Crippen molar-refractivity contribution >= 4 is 17.6 Å². The van der Waals surface area contributed by atoms with E-state index in [0.29, 0.717) is 25.4 Å². The molecule has 1 aliphatic heterocycles. The third-order valence-electron chi connectivity index (χ3n) is 2.99. The quantitative estimate of drug-likeness (QED) is 0.890. The Bertz CT molecular complexity index is 716. The molecule has 0 aliphatic carbocycles. The summed E-state index contributed by atoms with van der Waals surface area (Å²) in [6.45, 7) is 0.784. The zero-order valence-electron chi connectivity index (χ0n) is 10.7. The van der Waals surface area contributed by atoms with E-state index in [0.717, 1.165) is 0 Å². The van der Waals surface area contributed by atoms with Crippen LogP contribution in [0.15, 0.2) is 12.1 Å². The molecule has 2 aromatic rings. The first-order chi connectivity index (χ1) is 10.1. The van der Waals surface area contributed by atoms with Crippen molar-refractivity contribution in [3.8, 4) is 22.8 Å². The number of aromatic nitrogens is 2. The summed E-state index contributed by atoms with van der Waals surface area (Å²) < 4.78 is 25.3. The number of halogens is 2. The lowest BCUT2D eigenvalue weighted by atomic mass is 10.1. The van der Waals surface area contributed by atoms with E-state index in [-0.39, 0.29) is 27.7 Å². The zero-order valence-corrected chi connectivity index (χ0v) is 11.4. The van der Waals surface area contributed by atoms with Crippen LogP contribution in [-0.4, -0.2) is 34.5 Å². The maximum absolute atomic E-state index is 14.3. The van der Waals surface area contributed by atoms with Gasteiger partial charge in [-0.05, 0) is 6.07 Å². The van der Waals surface area contributed by atoms with Crippen LogP contribution in [0.25, 0.3) is 11.3 Å². The van der Waals surface area contributed by atoms with Gasteiger partial charge in [0.1, 0.15) is 5.69 Å². The Hall–Kier alpha value is -2.28. The van der Waals surface area contributed by atoms with Gasteiger partial charge in [0, 0.05) is 12.5 Å². The first-order valence-corrected chi connectivity index (χ1v) is 6.52. The fourth-order valence-electron chi connectivity index (χ4n) is 2.04. The molecular formula is C13H10ClFN2O4. The molecule has 1 aromatic heterocycles. The molecule has 0 atom stereocenters. The number of ether oxygens (including phenoxy) is 2. The molecule has 2 N–H and O–H groups in total. The SMILES string of the molecule is O=C(O)c1cc(-c2c(F)c(Cl)cc3c2OCCCO3)n[nH]1. The van der Waals surface area contributed by atoms with Gasteiger partial charge in [-0.1, -0.05) is 11.6 Å². The van der Waals surface area contributed by atoms with Crippen LogP contribution in [0.1, 0.15) is 16.9 Å². The molecule has 0 fully saturated rings. The lowest BCUT2D eigenvalue weighted by molar-refractivity contribution is 0.0690. The molecule has 0 radical (unpaired) electrons. The molecule has 0 unspecified atom stereocenters. The van der Waals surface area contributed by atoms with Crippen molar-refractivity contribution in [2.75, 3.05) is 13.2 Å². The number of H-pyrrole nitrogens is 1. The fourth-order valence-corrected chi connectivity index (χ4v) is 2.23. The summed E-state index contributed by atoms with van der Waals surface area (Å²) in [7, 11) is 0. The van der Waals surface area contributed by atoms with E-state index in [9.17, 15) is 9.18 Å². The number of carboxylic acid groups (broad SMARTS) is 1. The highest BCUT2D eigenvalue weighted by Gasteiger charge is 2.25. The molecule has 6 nitrogen and oxygen atoms in total. The number of rotatable bonds is 2. The van der Waals surface area contributed by atoms with Gasteiger partial charge in [0.2, 0.25) is 0 Å². The molecule has 0 amide bonds. The van der Waals surface area contributed by atoms with Crippen LogP contribution in [-0.2, 0) is 0 Å². The van der Waals surface area contributed by atoms with Crippen LogP contribution in [0.4, 0.5) is 4.39 Å². The lowest BCUT2D eigenvalue weighted by Crippen LogP contribution is -1.99. The Kier molecular flexibility index (Phi) is 3.42. The van der Waals surface area contributed by atoms with Gasteiger partial charge in [0.25, 0.3) is 0 Å². The molecule has 1 aliphatic rings. The Labute approximate surface area is 123 Å². The molecule has 0 saturated heterocycles. The summed E-state index contributed by atoms with van der Waals surface area (Å²) in [6, 6.07) is 2.55.